The van der Waals surface area contributed by atoms with Gasteiger partial charge in [-0.15, -0.1) is 0 Å². The van der Waals surface area contributed by atoms with E-state index in [9.17, 15) is 13.2 Å². The summed E-state index contributed by atoms with van der Waals surface area (Å²) >= 11 is 1.55. The Bertz CT molecular complexity index is 751. The summed E-state index contributed by atoms with van der Waals surface area (Å²) in [5.41, 5.74) is 1.54. The maximum atomic E-state index is 12.4. The number of thiophene rings is 1. The van der Waals surface area contributed by atoms with Gasteiger partial charge < -0.3 is 5.32 Å². The third-order valence-electron chi connectivity index (χ3n) is 3.49. The molecule has 2 rings (SSSR count). The molecule has 0 spiro atoms. The number of rotatable bonds is 6. The SMILES string of the molecule is CC(C)N(C)S(=O)(=O)c1ccc(NC(=O)Cc2ccsc2)cc1. The van der Waals surface area contributed by atoms with Crippen molar-refractivity contribution in [2.24, 2.45) is 0 Å². The fourth-order valence-electron chi connectivity index (χ4n) is 1.94. The molecule has 1 amide bonds. The lowest BCUT2D eigenvalue weighted by atomic mass is 10.2. The van der Waals surface area contributed by atoms with Gasteiger partial charge in [-0.3, -0.25) is 4.79 Å². The molecule has 1 aromatic carbocycles. The molecule has 0 unspecified atom stereocenters. The minimum Gasteiger partial charge on any atom is -0.326 e. The Morgan fingerprint density at radius 3 is 2.39 bits per heavy atom. The summed E-state index contributed by atoms with van der Waals surface area (Å²) in [5.74, 6) is -0.127. The van der Waals surface area contributed by atoms with Crippen LogP contribution in [0.5, 0.6) is 0 Å². The molecule has 124 valence electrons. The molecule has 0 aliphatic rings. The van der Waals surface area contributed by atoms with Crippen LogP contribution in [0.25, 0.3) is 0 Å². The zero-order valence-corrected chi connectivity index (χ0v) is 14.9. The molecule has 1 heterocycles. The van der Waals surface area contributed by atoms with Gasteiger partial charge in [0.05, 0.1) is 11.3 Å². The first-order chi connectivity index (χ1) is 10.8. The predicted molar refractivity (Wildman–Crippen MR) is 93.2 cm³/mol. The normalized spacial score (nSPS) is 11.9. The van der Waals surface area contributed by atoms with E-state index in [0.717, 1.165) is 5.56 Å². The maximum absolute atomic E-state index is 12.4. The van der Waals surface area contributed by atoms with Crippen molar-refractivity contribution in [3.8, 4) is 0 Å². The number of nitrogens with one attached hydrogen (secondary N) is 1. The van der Waals surface area contributed by atoms with Crippen LogP contribution in [-0.4, -0.2) is 31.7 Å². The Kier molecular flexibility index (Phi) is 5.56. The molecular weight excluding hydrogens is 332 g/mol. The van der Waals surface area contributed by atoms with Gasteiger partial charge in [0, 0.05) is 18.8 Å². The molecule has 1 N–H and O–H groups in total. The number of carbonyl (C=O) groups is 1. The Labute approximate surface area is 141 Å². The summed E-state index contributed by atoms with van der Waals surface area (Å²) in [7, 11) is -1.95. The van der Waals surface area contributed by atoms with Crippen LogP contribution in [0.2, 0.25) is 0 Å². The van der Waals surface area contributed by atoms with E-state index in [1.54, 1.807) is 30.5 Å². The maximum Gasteiger partial charge on any atom is 0.243 e. The minimum atomic E-state index is -3.50. The molecule has 0 fully saturated rings. The van der Waals surface area contributed by atoms with Crippen LogP contribution >= 0.6 is 11.3 Å². The Morgan fingerprint density at radius 2 is 1.87 bits per heavy atom. The van der Waals surface area contributed by atoms with Crippen LogP contribution in [-0.2, 0) is 21.2 Å². The number of benzene rings is 1. The van der Waals surface area contributed by atoms with Gasteiger partial charge in [-0.25, -0.2) is 8.42 Å². The summed E-state index contributed by atoms with van der Waals surface area (Å²) in [6.45, 7) is 3.63. The molecule has 0 bridgehead atoms. The quantitative estimate of drug-likeness (QED) is 0.869. The van der Waals surface area contributed by atoms with Gasteiger partial charge in [0.2, 0.25) is 15.9 Å². The summed E-state index contributed by atoms with van der Waals surface area (Å²) in [5, 5.41) is 6.62. The van der Waals surface area contributed by atoms with Crippen LogP contribution in [0, 0.1) is 0 Å². The molecule has 0 aliphatic heterocycles. The van der Waals surface area contributed by atoms with Crippen molar-refractivity contribution in [3.05, 3.63) is 46.7 Å². The van der Waals surface area contributed by atoms with Crippen molar-refractivity contribution >= 4 is 33.0 Å². The van der Waals surface area contributed by atoms with Crippen molar-refractivity contribution < 1.29 is 13.2 Å². The van der Waals surface area contributed by atoms with Crippen LogP contribution in [0.1, 0.15) is 19.4 Å². The lowest BCUT2D eigenvalue weighted by Crippen LogP contribution is -2.33. The monoisotopic (exact) mass is 352 g/mol. The Hall–Kier alpha value is -1.70. The molecule has 7 heteroatoms. The van der Waals surface area contributed by atoms with E-state index in [2.05, 4.69) is 5.32 Å². The first-order valence-electron chi connectivity index (χ1n) is 7.19. The summed E-state index contributed by atoms with van der Waals surface area (Å²) < 4.78 is 26.0. The van der Waals surface area contributed by atoms with Crippen LogP contribution in [0.15, 0.2) is 46.0 Å². The smallest absolute Gasteiger partial charge is 0.243 e. The molecule has 2 aromatic rings. The van der Waals surface area contributed by atoms with Gasteiger partial charge >= 0.3 is 0 Å². The number of carbonyl (C=O) groups excluding carboxylic acids is 1. The average Bonchev–Trinajstić information content (AvgIpc) is 2.99. The second kappa shape index (κ2) is 7.25. The van der Waals surface area contributed by atoms with Gasteiger partial charge in [0.1, 0.15) is 0 Å². The highest BCUT2D eigenvalue weighted by atomic mass is 32.2. The summed E-state index contributed by atoms with van der Waals surface area (Å²) in [6.07, 6.45) is 0.305. The van der Waals surface area contributed by atoms with Crippen LogP contribution in [0.3, 0.4) is 0 Å². The number of nitrogens with zero attached hydrogens (tertiary/aromatic N) is 1. The third-order valence-corrected chi connectivity index (χ3v) is 6.27. The average molecular weight is 352 g/mol. The zero-order valence-electron chi connectivity index (χ0n) is 13.3. The van der Waals surface area contributed by atoms with Gasteiger partial charge in [-0.2, -0.15) is 15.6 Å². The molecule has 0 radical (unpaired) electrons. The molecule has 0 aliphatic carbocycles. The number of sulfonamides is 1. The topological polar surface area (TPSA) is 66.5 Å². The molecule has 0 atom stereocenters. The second-order valence-electron chi connectivity index (χ2n) is 5.50. The van der Waals surface area contributed by atoms with E-state index < -0.39 is 10.0 Å². The van der Waals surface area contributed by atoms with Gasteiger partial charge in [0.25, 0.3) is 0 Å². The van der Waals surface area contributed by atoms with Crippen molar-refractivity contribution in [3.63, 3.8) is 0 Å². The molecule has 23 heavy (non-hydrogen) atoms. The van der Waals surface area contributed by atoms with Crippen LogP contribution in [0.4, 0.5) is 5.69 Å². The van der Waals surface area contributed by atoms with Gasteiger partial charge in [0.15, 0.2) is 0 Å². The standard InChI is InChI=1S/C16H20N2O3S2/c1-12(2)18(3)23(20,21)15-6-4-14(5-7-15)17-16(19)10-13-8-9-22-11-13/h4-9,11-12H,10H2,1-3H3,(H,17,19). The summed E-state index contributed by atoms with van der Waals surface area (Å²) in [6, 6.07) is 8.01. The van der Waals surface area contributed by atoms with Crippen molar-refractivity contribution in [2.75, 3.05) is 12.4 Å². The first-order valence-corrected chi connectivity index (χ1v) is 9.58. The van der Waals surface area contributed by atoms with E-state index in [-0.39, 0.29) is 16.8 Å². The van der Waals surface area contributed by atoms with E-state index in [0.29, 0.717) is 12.1 Å². The van der Waals surface area contributed by atoms with E-state index >= 15 is 0 Å². The fourth-order valence-corrected chi connectivity index (χ4v) is 3.97. The second-order valence-corrected chi connectivity index (χ2v) is 8.27. The number of anilines is 1. The zero-order chi connectivity index (χ0) is 17.0. The van der Waals surface area contributed by atoms with Gasteiger partial charge in [-0.05, 0) is 60.5 Å². The van der Waals surface area contributed by atoms with Crippen molar-refractivity contribution in [1.82, 2.24) is 4.31 Å². The van der Waals surface area contributed by atoms with Crippen molar-refractivity contribution in [1.29, 1.82) is 0 Å². The predicted octanol–water partition coefficient (Wildman–Crippen LogP) is 2.96. The van der Waals surface area contributed by atoms with E-state index in [4.69, 9.17) is 0 Å². The van der Waals surface area contributed by atoms with Crippen LogP contribution < -0.4 is 5.32 Å². The highest BCUT2D eigenvalue weighted by Crippen LogP contribution is 2.19. The van der Waals surface area contributed by atoms with E-state index in [1.807, 2.05) is 30.7 Å². The first kappa shape index (κ1) is 17.7. The lowest BCUT2D eigenvalue weighted by Gasteiger charge is -2.21. The molecule has 5 nitrogen and oxygen atoms in total. The lowest BCUT2D eigenvalue weighted by molar-refractivity contribution is -0.115. The van der Waals surface area contributed by atoms with E-state index in [1.165, 1.54) is 16.4 Å². The fraction of sp³-hybridized carbons (Fsp3) is 0.312. The Balaban J connectivity index is 2.06. The molecule has 0 saturated carbocycles. The number of hydrogen-bond acceptors (Lipinski definition) is 4. The molecular formula is C16H20N2O3S2. The number of amides is 1. The Morgan fingerprint density at radius 1 is 1.22 bits per heavy atom. The highest BCUT2D eigenvalue weighted by molar-refractivity contribution is 7.89. The van der Waals surface area contributed by atoms with Gasteiger partial charge in [-0.1, -0.05) is 0 Å². The molecule has 0 saturated heterocycles. The molecule has 1 aromatic heterocycles. The highest BCUT2D eigenvalue weighted by Gasteiger charge is 2.22. The number of hydrogen-bond donors (Lipinski definition) is 1. The largest absolute Gasteiger partial charge is 0.326 e. The minimum absolute atomic E-state index is 0.120. The van der Waals surface area contributed by atoms with Crippen molar-refractivity contribution in [2.45, 2.75) is 31.2 Å². The summed E-state index contributed by atoms with van der Waals surface area (Å²) in [4.78, 5) is 12.1. The third kappa shape index (κ3) is 4.40.